The molecule has 2 rings (SSSR count). The van der Waals surface area contributed by atoms with Crippen LogP contribution in [0.25, 0.3) is 5.78 Å². The van der Waals surface area contributed by atoms with Gasteiger partial charge >= 0.3 is 5.97 Å². The van der Waals surface area contributed by atoms with Gasteiger partial charge in [-0.1, -0.05) is 27.2 Å². The van der Waals surface area contributed by atoms with E-state index in [0.29, 0.717) is 18.0 Å². The lowest BCUT2D eigenvalue weighted by Crippen LogP contribution is -2.31. The predicted octanol–water partition coefficient (Wildman–Crippen LogP) is 1.99. The number of rotatable bonds is 7. The SMILES string of the molecule is CCCc1cc(N[C@H](CC(C)C)C(=O)O)n2ncnc2n1. The number of hydrogen-bond acceptors (Lipinski definition) is 5. The van der Waals surface area contributed by atoms with Gasteiger partial charge in [0.05, 0.1) is 0 Å². The molecule has 0 aliphatic heterocycles. The summed E-state index contributed by atoms with van der Waals surface area (Å²) in [7, 11) is 0. The number of nitrogens with one attached hydrogen (secondary N) is 1. The third-order valence-corrected chi connectivity index (χ3v) is 3.14. The van der Waals surface area contributed by atoms with Gasteiger partial charge in [0.1, 0.15) is 18.2 Å². The molecule has 0 unspecified atom stereocenters. The van der Waals surface area contributed by atoms with Gasteiger partial charge in [0.2, 0.25) is 0 Å². The minimum atomic E-state index is -0.870. The molecule has 2 aromatic rings. The fourth-order valence-electron chi connectivity index (χ4n) is 2.22. The molecule has 2 N–H and O–H groups in total. The fraction of sp³-hybridized carbons (Fsp3) is 0.571. The van der Waals surface area contributed by atoms with Crippen LogP contribution in [0.2, 0.25) is 0 Å². The predicted molar refractivity (Wildman–Crippen MR) is 79.3 cm³/mol. The molecule has 2 heterocycles. The summed E-state index contributed by atoms with van der Waals surface area (Å²) in [5, 5.41) is 16.5. The van der Waals surface area contributed by atoms with E-state index in [2.05, 4.69) is 27.3 Å². The first-order valence-corrected chi connectivity index (χ1v) is 7.20. The van der Waals surface area contributed by atoms with E-state index in [1.165, 1.54) is 10.8 Å². The number of carboxylic acids is 1. The third kappa shape index (κ3) is 3.68. The van der Waals surface area contributed by atoms with E-state index in [0.717, 1.165) is 18.5 Å². The molecule has 0 spiro atoms. The van der Waals surface area contributed by atoms with Crippen LogP contribution in [0.3, 0.4) is 0 Å². The van der Waals surface area contributed by atoms with Crippen molar-refractivity contribution in [2.24, 2.45) is 5.92 Å². The van der Waals surface area contributed by atoms with Crippen LogP contribution in [0, 0.1) is 5.92 Å². The van der Waals surface area contributed by atoms with Crippen molar-refractivity contribution in [2.45, 2.75) is 46.1 Å². The number of carboxylic acid groups (broad SMARTS) is 1. The highest BCUT2D eigenvalue weighted by Crippen LogP contribution is 2.16. The Morgan fingerprint density at radius 3 is 2.86 bits per heavy atom. The molecule has 114 valence electrons. The van der Waals surface area contributed by atoms with Gasteiger partial charge in [0, 0.05) is 11.8 Å². The maximum atomic E-state index is 11.4. The number of hydrogen-bond donors (Lipinski definition) is 2. The largest absolute Gasteiger partial charge is 0.480 e. The normalized spacial score (nSPS) is 12.8. The fourth-order valence-corrected chi connectivity index (χ4v) is 2.22. The molecule has 0 aliphatic carbocycles. The van der Waals surface area contributed by atoms with Crippen molar-refractivity contribution in [3.63, 3.8) is 0 Å². The zero-order chi connectivity index (χ0) is 15.4. The maximum Gasteiger partial charge on any atom is 0.326 e. The molecule has 2 aromatic heterocycles. The summed E-state index contributed by atoms with van der Waals surface area (Å²) in [6, 6.07) is 1.19. The van der Waals surface area contributed by atoms with E-state index in [9.17, 15) is 9.90 Å². The average molecular weight is 291 g/mol. The Hall–Kier alpha value is -2.18. The van der Waals surface area contributed by atoms with Gasteiger partial charge in [-0.05, 0) is 18.8 Å². The summed E-state index contributed by atoms with van der Waals surface area (Å²) in [4.78, 5) is 19.9. The molecule has 0 aromatic carbocycles. The summed E-state index contributed by atoms with van der Waals surface area (Å²) >= 11 is 0. The molecule has 21 heavy (non-hydrogen) atoms. The van der Waals surface area contributed by atoms with E-state index in [4.69, 9.17) is 0 Å². The number of fused-ring (bicyclic) bond motifs is 1. The van der Waals surface area contributed by atoms with E-state index in [1.807, 2.05) is 19.9 Å². The average Bonchev–Trinajstić information content (AvgIpc) is 2.86. The second-order valence-corrected chi connectivity index (χ2v) is 5.52. The molecule has 0 aliphatic rings. The smallest absolute Gasteiger partial charge is 0.326 e. The van der Waals surface area contributed by atoms with E-state index >= 15 is 0 Å². The van der Waals surface area contributed by atoms with Crippen molar-refractivity contribution in [1.82, 2.24) is 19.6 Å². The highest BCUT2D eigenvalue weighted by atomic mass is 16.4. The third-order valence-electron chi connectivity index (χ3n) is 3.14. The topological polar surface area (TPSA) is 92.4 Å². The van der Waals surface area contributed by atoms with Crippen molar-refractivity contribution in [3.8, 4) is 0 Å². The van der Waals surface area contributed by atoms with E-state index in [-0.39, 0.29) is 5.92 Å². The molecule has 0 saturated heterocycles. The second-order valence-electron chi connectivity index (χ2n) is 5.52. The van der Waals surface area contributed by atoms with Gasteiger partial charge in [0.15, 0.2) is 0 Å². The zero-order valence-electron chi connectivity index (χ0n) is 12.6. The van der Waals surface area contributed by atoms with Crippen LogP contribution >= 0.6 is 0 Å². The molecule has 1 atom stereocenters. The van der Waals surface area contributed by atoms with Crippen molar-refractivity contribution in [3.05, 3.63) is 18.1 Å². The van der Waals surface area contributed by atoms with E-state index in [1.54, 1.807) is 0 Å². The van der Waals surface area contributed by atoms with Crippen molar-refractivity contribution in [2.75, 3.05) is 5.32 Å². The minimum absolute atomic E-state index is 0.279. The summed E-state index contributed by atoms with van der Waals surface area (Å²) in [5.74, 6) is 0.513. The van der Waals surface area contributed by atoms with Crippen molar-refractivity contribution < 1.29 is 9.90 Å². The Labute approximate surface area is 123 Å². The van der Waals surface area contributed by atoms with Gasteiger partial charge in [-0.15, -0.1) is 0 Å². The van der Waals surface area contributed by atoms with E-state index < -0.39 is 12.0 Å². The Balaban J connectivity index is 2.34. The van der Waals surface area contributed by atoms with Crippen LogP contribution in [0.15, 0.2) is 12.4 Å². The van der Waals surface area contributed by atoms with Gasteiger partial charge in [-0.2, -0.15) is 14.6 Å². The Morgan fingerprint density at radius 1 is 1.48 bits per heavy atom. The summed E-state index contributed by atoms with van der Waals surface area (Å²) in [6.45, 7) is 6.07. The molecular weight excluding hydrogens is 270 g/mol. The molecule has 7 heteroatoms. The van der Waals surface area contributed by atoms with Crippen LogP contribution < -0.4 is 5.32 Å². The molecule has 0 saturated carbocycles. The monoisotopic (exact) mass is 291 g/mol. The number of aromatic nitrogens is 4. The molecular formula is C14H21N5O2. The molecule has 0 fully saturated rings. The molecule has 0 bridgehead atoms. The lowest BCUT2D eigenvalue weighted by atomic mass is 10.0. The van der Waals surface area contributed by atoms with Gasteiger partial charge < -0.3 is 10.4 Å². The first-order valence-electron chi connectivity index (χ1n) is 7.20. The zero-order valence-corrected chi connectivity index (χ0v) is 12.6. The number of anilines is 1. The number of aryl methyl sites for hydroxylation is 1. The maximum absolute atomic E-state index is 11.4. The van der Waals surface area contributed by atoms with Crippen molar-refractivity contribution in [1.29, 1.82) is 0 Å². The lowest BCUT2D eigenvalue weighted by Gasteiger charge is -2.18. The van der Waals surface area contributed by atoms with Crippen molar-refractivity contribution >= 4 is 17.6 Å². The Morgan fingerprint density at radius 2 is 2.24 bits per heavy atom. The lowest BCUT2D eigenvalue weighted by molar-refractivity contribution is -0.138. The summed E-state index contributed by atoms with van der Waals surface area (Å²) < 4.78 is 1.54. The number of carbonyl (C=O) groups is 1. The Bertz CT molecular complexity index is 623. The first-order chi connectivity index (χ1) is 10.0. The van der Waals surface area contributed by atoms with Gasteiger partial charge in [0.25, 0.3) is 5.78 Å². The van der Waals surface area contributed by atoms with Gasteiger partial charge in [-0.25, -0.2) is 9.78 Å². The van der Waals surface area contributed by atoms with Crippen LogP contribution in [0.1, 0.15) is 39.3 Å². The van der Waals surface area contributed by atoms with Crippen LogP contribution in [-0.2, 0) is 11.2 Å². The quantitative estimate of drug-likeness (QED) is 0.810. The second kappa shape index (κ2) is 6.51. The highest BCUT2D eigenvalue weighted by Gasteiger charge is 2.20. The first kappa shape index (κ1) is 15.2. The standard InChI is InChI=1S/C14H21N5O2/c1-4-5-10-7-12(19-14(17-10)15-8-16-19)18-11(13(20)21)6-9(2)3/h7-9,11,18H,4-6H2,1-3H3,(H,20,21)/t11-/m1/s1. The summed E-state index contributed by atoms with van der Waals surface area (Å²) in [6.07, 6.45) is 3.74. The van der Waals surface area contributed by atoms with Crippen LogP contribution in [0.4, 0.5) is 5.82 Å². The summed E-state index contributed by atoms with van der Waals surface area (Å²) in [5.41, 5.74) is 0.884. The Kier molecular flexibility index (Phi) is 4.72. The highest BCUT2D eigenvalue weighted by molar-refractivity contribution is 5.77. The number of nitrogens with zero attached hydrogens (tertiary/aromatic N) is 4. The molecule has 0 amide bonds. The van der Waals surface area contributed by atoms with Crippen LogP contribution in [0.5, 0.6) is 0 Å². The minimum Gasteiger partial charge on any atom is -0.480 e. The van der Waals surface area contributed by atoms with Crippen LogP contribution in [-0.4, -0.2) is 36.7 Å². The molecule has 7 nitrogen and oxygen atoms in total. The number of aliphatic carboxylic acids is 1. The van der Waals surface area contributed by atoms with Gasteiger partial charge in [-0.3, -0.25) is 0 Å². The molecule has 0 radical (unpaired) electrons.